The van der Waals surface area contributed by atoms with Crippen LogP contribution in [0.5, 0.6) is 5.75 Å². The summed E-state index contributed by atoms with van der Waals surface area (Å²) < 4.78 is 5.65. The first kappa shape index (κ1) is 13.4. The first-order valence-corrected chi connectivity index (χ1v) is 7.23. The Bertz CT molecular complexity index is 325. The lowest BCUT2D eigenvalue weighted by atomic mass is 9.82. The molecular weight excluding hydrogens is 222 g/mol. The van der Waals surface area contributed by atoms with Crippen molar-refractivity contribution in [2.45, 2.75) is 32.6 Å². The van der Waals surface area contributed by atoms with E-state index >= 15 is 0 Å². The highest BCUT2D eigenvalue weighted by Crippen LogP contribution is 2.27. The molecular formula is C16H25NO. The van der Waals surface area contributed by atoms with E-state index in [-0.39, 0.29) is 0 Å². The molecule has 100 valence electrons. The summed E-state index contributed by atoms with van der Waals surface area (Å²) in [5.74, 6) is 2.77. The van der Waals surface area contributed by atoms with Crippen molar-refractivity contribution in [1.29, 1.82) is 0 Å². The Morgan fingerprint density at radius 2 is 2.06 bits per heavy atom. The summed E-state index contributed by atoms with van der Waals surface area (Å²) in [6, 6.07) is 10.0. The van der Waals surface area contributed by atoms with Crippen molar-refractivity contribution >= 4 is 0 Å². The van der Waals surface area contributed by atoms with Gasteiger partial charge in [-0.3, -0.25) is 0 Å². The third-order valence-electron chi connectivity index (χ3n) is 3.77. The molecule has 0 heterocycles. The fourth-order valence-electron chi connectivity index (χ4n) is 2.81. The SMILES string of the molecule is CC1CCCC(CNCCOc2ccccc2)C1. The number of para-hydroxylation sites is 1. The quantitative estimate of drug-likeness (QED) is 0.777. The largest absolute Gasteiger partial charge is 0.492 e. The van der Waals surface area contributed by atoms with Crippen LogP contribution in [0.3, 0.4) is 0 Å². The molecule has 1 aliphatic rings. The highest BCUT2D eigenvalue weighted by molar-refractivity contribution is 5.20. The van der Waals surface area contributed by atoms with Gasteiger partial charge in [0.15, 0.2) is 0 Å². The van der Waals surface area contributed by atoms with E-state index in [2.05, 4.69) is 12.2 Å². The van der Waals surface area contributed by atoms with Crippen molar-refractivity contribution in [1.82, 2.24) is 5.32 Å². The van der Waals surface area contributed by atoms with E-state index in [4.69, 9.17) is 4.74 Å². The standard InChI is InChI=1S/C16H25NO/c1-14-6-5-7-15(12-14)13-17-10-11-18-16-8-3-2-4-9-16/h2-4,8-9,14-15,17H,5-7,10-13H2,1H3. The summed E-state index contributed by atoms with van der Waals surface area (Å²) in [5.41, 5.74) is 0. The minimum Gasteiger partial charge on any atom is -0.492 e. The fraction of sp³-hybridized carbons (Fsp3) is 0.625. The Hall–Kier alpha value is -1.02. The van der Waals surface area contributed by atoms with Crippen molar-refractivity contribution in [3.8, 4) is 5.75 Å². The number of ether oxygens (including phenoxy) is 1. The number of hydrogen-bond acceptors (Lipinski definition) is 2. The summed E-state index contributed by atoms with van der Waals surface area (Å²) in [6.45, 7) is 5.24. The van der Waals surface area contributed by atoms with Gasteiger partial charge in [-0.15, -0.1) is 0 Å². The van der Waals surface area contributed by atoms with Crippen molar-refractivity contribution in [2.75, 3.05) is 19.7 Å². The highest BCUT2D eigenvalue weighted by atomic mass is 16.5. The average molecular weight is 247 g/mol. The summed E-state index contributed by atoms with van der Waals surface area (Å²) in [6.07, 6.45) is 5.63. The van der Waals surface area contributed by atoms with Gasteiger partial charge in [-0.2, -0.15) is 0 Å². The van der Waals surface area contributed by atoms with Crippen LogP contribution in [0.25, 0.3) is 0 Å². The minimum absolute atomic E-state index is 0.756. The molecule has 1 saturated carbocycles. The summed E-state index contributed by atoms with van der Waals surface area (Å²) in [5, 5.41) is 3.52. The molecule has 2 rings (SSSR count). The number of benzene rings is 1. The molecule has 0 aromatic heterocycles. The highest BCUT2D eigenvalue weighted by Gasteiger charge is 2.17. The summed E-state index contributed by atoms with van der Waals surface area (Å²) in [4.78, 5) is 0. The second kappa shape index (κ2) is 7.42. The zero-order valence-electron chi connectivity index (χ0n) is 11.4. The van der Waals surface area contributed by atoms with Crippen molar-refractivity contribution in [2.24, 2.45) is 11.8 Å². The Morgan fingerprint density at radius 3 is 2.83 bits per heavy atom. The van der Waals surface area contributed by atoms with Gasteiger partial charge in [0, 0.05) is 6.54 Å². The van der Waals surface area contributed by atoms with E-state index in [9.17, 15) is 0 Å². The maximum Gasteiger partial charge on any atom is 0.119 e. The van der Waals surface area contributed by atoms with E-state index in [0.717, 1.165) is 37.3 Å². The molecule has 0 radical (unpaired) electrons. The van der Waals surface area contributed by atoms with Gasteiger partial charge in [0.25, 0.3) is 0 Å². The third kappa shape index (κ3) is 4.69. The van der Waals surface area contributed by atoms with Crippen molar-refractivity contribution < 1.29 is 4.74 Å². The first-order chi connectivity index (χ1) is 8.84. The third-order valence-corrected chi connectivity index (χ3v) is 3.77. The lowest BCUT2D eigenvalue weighted by Gasteiger charge is -2.26. The van der Waals surface area contributed by atoms with Gasteiger partial charge in [-0.05, 0) is 43.4 Å². The van der Waals surface area contributed by atoms with Crippen LogP contribution in [-0.2, 0) is 0 Å². The van der Waals surface area contributed by atoms with Crippen LogP contribution in [-0.4, -0.2) is 19.7 Å². The molecule has 0 spiro atoms. The van der Waals surface area contributed by atoms with Crippen LogP contribution in [0.15, 0.2) is 30.3 Å². The molecule has 0 amide bonds. The maximum atomic E-state index is 5.65. The molecule has 0 bridgehead atoms. The average Bonchev–Trinajstić information content (AvgIpc) is 2.40. The molecule has 18 heavy (non-hydrogen) atoms. The fourth-order valence-corrected chi connectivity index (χ4v) is 2.81. The van der Waals surface area contributed by atoms with Crippen LogP contribution in [0, 0.1) is 11.8 Å². The predicted molar refractivity (Wildman–Crippen MR) is 75.9 cm³/mol. The molecule has 0 aliphatic heterocycles. The van der Waals surface area contributed by atoms with E-state index in [1.807, 2.05) is 30.3 Å². The minimum atomic E-state index is 0.756. The lowest BCUT2D eigenvalue weighted by Crippen LogP contribution is -2.29. The van der Waals surface area contributed by atoms with Crippen molar-refractivity contribution in [3.05, 3.63) is 30.3 Å². The van der Waals surface area contributed by atoms with Gasteiger partial charge >= 0.3 is 0 Å². The molecule has 1 aromatic rings. The van der Waals surface area contributed by atoms with Gasteiger partial charge in [0.1, 0.15) is 12.4 Å². The Balaban J connectivity index is 1.53. The molecule has 1 N–H and O–H groups in total. The molecule has 0 saturated heterocycles. The topological polar surface area (TPSA) is 21.3 Å². The second-order valence-corrected chi connectivity index (χ2v) is 5.50. The summed E-state index contributed by atoms with van der Waals surface area (Å²) in [7, 11) is 0. The molecule has 2 nitrogen and oxygen atoms in total. The normalized spacial score (nSPS) is 23.8. The van der Waals surface area contributed by atoms with E-state index in [1.54, 1.807) is 0 Å². The van der Waals surface area contributed by atoms with Crippen LogP contribution in [0.4, 0.5) is 0 Å². The van der Waals surface area contributed by atoms with Crippen LogP contribution >= 0.6 is 0 Å². The predicted octanol–water partition coefficient (Wildman–Crippen LogP) is 3.48. The van der Waals surface area contributed by atoms with Gasteiger partial charge in [0.2, 0.25) is 0 Å². The zero-order chi connectivity index (χ0) is 12.6. The van der Waals surface area contributed by atoms with E-state index in [1.165, 1.54) is 25.7 Å². The van der Waals surface area contributed by atoms with E-state index in [0.29, 0.717) is 0 Å². The second-order valence-electron chi connectivity index (χ2n) is 5.50. The van der Waals surface area contributed by atoms with Gasteiger partial charge in [0.05, 0.1) is 0 Å². The number of nitrogens with one attached hydrogen (secondary N) is 1. The Kier molecular flexibility index (Phi) is 5.53. The first-order valence-electron chi connectivity index (χ1n) is 7.23. The molecule has 1 aromatic carbocycles. The summed E-state index contributed by atoms with van der Waals surface area (Å²) >= 11 is 0. The van der Waals surface area contributed by atoms with Crippen LogP contribution in [0.2, 0.25) is 0 Å². The van der Waals surface area contributed by atoms with Gasteiger partial charge < -0.3 is 10.1 Å². The molecule has 1 fully saturated rings. The molecule has 2 atom stereocenters. The van der Waals surface area contributed by atoms with Crippen LogP contribution < -0.4 is 10.1 Å². The van der Waals surface area contributed by atoms with Gasteiger partial charge in [-0.25, -0.2) is 0 Å². The number of rotatable bonds is 6. The van der Waals surface area contributed by atoms with Crippen molar-refractivity contribution in [3.63, 3.8) is 0 Å². The molecule has 1 aliphatic carbocycles. The van der Waals surface area contributed by atoms with Crippen LogP contribution in [0.1, 0.15) is 32.6 Å². The lowest BCUT2D eigenvalue weighted by molar-refractivity contribution is 0.262. The Labute approximate surface area is 111 Å². The van der Waals surface area contributed by atoms with E-state index < -0.39 is 0 Å². The molecule has 2 unspecified atom stereocenters. The zero-order valence-corrected chi connectivity index (χ0v) is 11.4. The smallest absolute Gasteiger partial charge is 0.119 e. The number of hydrogen-bond donors (Lipinski definition) is 1. The molecule has 2 heteroatoms. The van der Waals surface area contributed by atoms with Gasteiger partial charge in [-0.1, -0.05) is 38.0 Å². The Morgan fingerprint density at radius 1 is 1.22 bits per heavy atom. The monoisotopic (exact) mass is 247 g/mol. The maximum absolute atomic E-state index is 5.65.